The zero-order valence-electron chi connectivity index (χ0n) is 18.2. The van der Waals surface area contributed by atoms with Gasteiger partial charge in [-0.1, -0.05) is 30.0 Å². The number of hydrogen-bond acceptors (Lipinski definition) is 9. The number of aromatic nitrogens is 4. The van der Waals surface area contributed by atoms with Gasteiger partial charge in [-0.15, -0.1) is 5.10 Å². The molecule has 0 radical (unpaired) electrons. The quantitative estimate of drug-likeness (QED) is 0.174. The molecule has 2 N–H and O–H groups in total. The summed E-state index contributed by atoms with van der Waals surface area (Å²) in [6.07, 6.45) is 0. The van der Waals surface area contributed by atoms with Gasteiger partial charge in [-0.3, -0.25) is 4.79 Å². The van der Waals surface area contributed by atoms with E-state index in [1.807, 2.05) is 26.0 Å². The molecule has 0 saturated heterocycles. The van der Waals surface area contributed by atoms with E-state index >= 15 is 0 Å². The van der Waals surface area contributed by atoms with Gasteiger partial charge in [-0.25, -0.2) is 14.3 Å². The highest BCUT2D eigenvalue weighted by Crippen LogP contribution is 2.23. The molecule has 0 bridgehead atoms. The Morgan fingerprint density at radius 3 is 2.59 bits per heavy atom. The Labute approximate surface area is 189 Å². The van der Waals surface area contributed by atoms with Gasteiger partial charge in [0.05, 0.1) is 11.1 Å². The molecule has 0 saturated carbocycles. The number of rotatable bonds is 8. The summed E-state index contributed by atoms with van der Waals surface area (Å²) in [6, 6.07) is 8.86. The van der Waals surface area contributed by atoms with Crippen LogP contribution in [0, 0.1) is 19.3 Å². The maximum atomic E-state index is 12.6. The topological polar surface area (TPSA) is 131 Å². The fourth-order valence-corrected chi connectivity index (χ4v) is 3.99. The van der Waals surface area contributed by atoms with Crippen molar-refractivity contribution < 1.29 is 19.4 Å². The van der Waals surface area contributed by atoms with Crippen LogP contribution in [-0.2, 0) is 15.3 Å². The maximum Gasteiger partial charge on any atom is 0.338 e. The van der Waals surface area contributed by atoms with Crippen LogP contribution in [0.1, 0.15) is 41.2 Å². The normalized spacial score (nSPS) is 11.9. The fraction of sp³-hybridized carbons (Fsp3) is 0.273. The molecule has 0 spiro atoms. The van der Waals surface area contributed by atoms with Crippen LogP contribution in [0.4, 0.5) is 0 Å². The van der Waals surface area contributed by atoms with Gasteiger partial charge in [-0.05, 0) is 45.4 Å². The SMILES string of the molecule is CC(=N)/C(C(C)=O)=C(/O)COC(=O)c1ccccc1CSc1nc2nc(C)cc(C)n2n1. The summed E-state index contributed by atoms with van der Waals surface area (Å²) in [5, 5.41) is 22.7. The van der Waals surface area contributed by atoms with Crippen LogP contribution >= 0.6 is 11.8 Å². The Hall–Kier alpha value is -3.53. The van der Waals surface area contributed by atoms with Crippen molar-refractivity contribution in [3.05, 3.63) is 64.2 Å². The number of esters is 1. The van der Waals surface area contributed by atoms with Gasteiger partial charge in [-0.2, -0.15) is 4.98 Å². The molecule has 166 valence electrons. The largest absolute Gasteiger partial charge is 0.508 e. The van der Waals surface area contributed by atoms with E-state index in [4.69, 9.17) is 10.1 Å². The number of aliphatic hydroxyl groups is 1. The molecule has 0 fully saturated rings. The second-order valence-electron chi connectivity index (χ2n) is 7.17. The molecule has 3 aromatic rings. The number of aliphatic hydroxyl groups excluding tert-OH is 1. The molecule has 0 aliphatic heterocycles. The third kappa shape index (κ3) is 5.20. The van der Waals surface area contributed by atoms with Gasteiger partial charge in [0.25, 0.3) is 5.78 Å². The van der Waals surface area contributed by atoms with Crippen LogP contribution in [-0.4, -0.2) is 48.8 Å². The Balaban J connectivity index is 1.74. The van der Waals surface area contributed by atoms with Gasteiger partial charge >= 0.3 is 5.97 Å². The van der Waals surface area contributed by atoms with Crippen molar-refractivity contribution in [1.29, 1.82) is 5.41 Å². The minimum atomic E-state index is -0.644. The highest BCUT2D eigenvalue weighted by atomic mass is 32.2. The first kappa shape index (κ1) is 23.1. The van der Waals surface area contributed by atoms with Crippen LogP contribution in [0.25, 0.3) is 5.78 Å². The number of thioether (sulfide) groups is 1. The minimum Gasteiger partial charge on any atom is -0.508 e. The Kier molecular flexibility index (Phi) is 7.04. The summed E-state index contributed by atoms with van der Waals surface area (Å²) >= 11 is 1.36. The third-order valence-electron chi connectivity index (χ3n) is 4.55. The summed E-state index contributed by atoms with van der Waals surface area (Å²) < 4.78 is 6.86. The number of nitrogens with one attached hydrogen (secondary N) is 1. The first-order chi connectivity index (χ1) is 15.2. The van der Waals surface area contributed by atoms with Gasteiger partial charge in [0.1, 0.15) is 12.4 Å². The molecule has 0 atom stereocenters. The zero-order valence-corrected chi connectivity index (χ0v) is 19.0. The smallest absolute Gasteiger partial charge is 0.338 e. The zero-order chi connectivity index (χ0) is 23.4. The number of carbonyl (C=O) groups excluding carboxylic acids is 2. The molecule has 10 heteroatoms. The van der Waals surface area contributed by atoms with E-state index in [0.29, 0.717) is 27.8 Å². The number of ketones is 1. The van der Waals surface area contributed by atoms with E-state index in [1.54, 1.807) is 22.7 Å². The van der Waals surface area contributed by atoms with Gasteiger partial charge in [0.2, 0.25) is 5.16 Å². The predicted octanol–water partition coefficient (Wildman–Crippen LogP) is 3.63. The van der Waals surface area contributed by atoms with Gasteiger partial charge in [0.15, 0.2) is 5.78 Å². The van der Waals surface area contributed by atoms with Crippen molar-refractivity contribution in [2.24, 2.45) is 0 Å². The molecule has 32 heavy (non-hydrogen) atoms. The number of aryl methyl sites for hydroxylation is 2. The van der Waals surface area contributed by atoms with E-state index in [0.717, 1.165) is 11.4 Å². The van der Waals surface area contributed by atoms with Crippen LogP contribution < -0.4 is 0 Å². The molecule has 3 rings (SSSR count). The van der Waals surface area contributed by atoms with Crippen LogP contribution in [0.5, 0.6) is 0 Å². The number of ether oxygens (including phenoxy) is 1. The van der Waals surface area contributed by atoms with Crippen molar-refractivity contribution in [2.45, 2.75) is 38.6 Å². The van der Waals surface area contributed by atoms with Crippen molar-refractivity contribution in [3.63, 3.8) is 0 Å². The number of benzene rings is 1. The molecular weight excluding hydrogens is 430 g/mol. The lowest BCUT2D eigenvalue weighted by Crippen LogP contribution is -2.15. The molecule has 0 amide bonds. The van der Waals surface area contributed by atoms with Gasteiger partial charge < -0.3 is 15.3 Å². The van der Waals surface area contributed by atoms with Crippen LogP contribution in [0.3, 0.4) is 0 Å². The number of carbonyl (C=O) groups is 2. The Morgan fingerprint density at radius 2 is 1.91 bits per heavy atom. The monoisotopic (exact) mass is 453 g/mol. The van der Waals surface area contributed by atoms with Crippen LogP contribution in [0.15, 0.2) is 46.8 Å². The molecule has 0 aliphatic carbocycles. The lowest BCUT2D eigenvalue weighted by atomic mass is 10.1. The van der Waals surface area contributed by atoms with Crippen molar-refractivity contribution in [3.8, 4) is 0 Å². The van der Waals surface area contributed by atoms with Crippen molar-refractivity contribution >= 4 is 35.0 Å². The maximum absolute atomic E-state index is 12.6. The van der Waals surface area contributed by atoms with E-state index in [-0.39, 0.29) is 11.3 Å². The van der Waals surface area contributed by atoms with E-state index in [1.165, 1.54) is 25.6 Å². The lowest BCUT2D eigenvalue weighted by molar-refractivity contribution is -0.113. The second-order valence-corrected chi connectivity index (χ2v) is 8.11. The predicted molar refractivity (Wildman–Crippen MR) is 120 cm³/mol. The van der Waals surface area contributed by atoms with Gasteiger partial charge in [0, 0.05) is 22.9 Å². The summed E-state index contributed by atoms with van der Waals surface area (Å²) in [4.78, 5) is 33.0. The standard InChI is InChI=1S/C22H23N5O4S/c1-12-9-13(2)27-21(24-12)25-22(26-27)32-11-16-7-5-6-8-17(16)20(30)31-10-18(29)19(14(3)23)15(4)28/h5-9,23,29H,10-11H2,1-4H3/b19-18-,23-14?. The summed E-state index contributed by atoms with van der Waals surface area (Å²) in [5.74, 6) is -0.627. The summed E-state index contributed by atoms with van der Waals surface area (Å²) in [6.45, 7) is 5.95. The Morgan fingerprint density at radius 1 is 1.19 bits per heavy atom. The number of Topliss-reactive ketones (excluding diaryl/α,β-unsaturated/α-hetero) is 1. The Bertz CT molecular complexity index is 1230. The highest BCUT2D eigenvalue weighted by molar-refractivity contribution is 7.98. The number of fused-ring (bicyclic) bond motifs is 1. The van der Waals surface area contributed by atoms with Crippen molar-refractivity contribution in [2.75, 3.05) is 6.61 Å². The number of hydrogen-bond donors (Lipinski definition) is 2. The highest BCUT2D eigenvalue weighted by Gasteiger charge is 2.18. The first-order valence-corrected chi connectivity index (χ1v) is 10.7. The molecular formula is C22H23N5O4S. The van der Waals surface area contributed by atoms with E-state index in [9.17, 15) is 14.7 Å². The van der Waals surface area contributed by atoms with E-state index in [2.05, 4.69) is 15.1 Å². The number of allylic oxidation sites excluding steroid dienone is 1. The molecule has 1 aromatic carbocycles. The average Bonchev–Trinajstić information content (AvgIpc) is 3.13. The molecule has 0 aliphatic rings. The molecule has 9 nitrogen and oxygen atoms in total. The van der Waals surface area contributed by atoms with Crippen molar-refractivity contribution in [1.82, 2.24) is 19.6 Å². The summed E-state index contributed by atoms with van der Waals surface area (Å²) in [5.41, 5.74) is 2.57. The number of nitrogens with zero attached hydrogens (tertiary/aromatic N) is 4. The summed E-state index contributed by atoms with van der Waals surface area (Å²) in [7, 11) is 0. The molecule has 2 heterocycles. The molecule has 2 aromatic heterocycles. The average molecular weight is 454 g/mol. The second kappa shape index (κ2) is 9.73. The molecule has 0 unspecified atom stereocenters. The lowest BCUT2D eigenvalue weighted by Gasteiger charge is -2.10. The minimum absolute atomic E-state index is 0.0947. The first-order valence-electron chi connectivity index (χ1n) is 9.74. The third-order valence-corrected chi connectivity index (χ3v) is 5.43. The van der Waals surface area contributed by atoms with Crippen LogP contribution in [0.2, 0.25) is 0 Å². The fourth-order valence-electron chi connectivity index (χ4n) is 3.16. The van der Waals surface area contributed by atoms with E-state index < -0.39 is 24.1 Å².